The number of aromatic hydroxyl groups is 1. The van der Waals surface area contributed by atoms with Crippen molar-refractivity contribution >= 4 is 40.5 Å². The average Bonchev–Trinajstić information content (AvgIpc) is 3.76. The number of nitrogens with one attached hydrogen (secondary N) is 1. The van der Waals surface area contributed by atoms with E-state index in [1.165, 1.54) is 10.8 Å². The Balaban J connectivity index is 1.08. The number of nitrogens with zero attached hydrogens (tertiary/aromatic N) is 7. The van der Waals surface area contributed by atoms with Crippen LogP contribution in [-0.4, -0.2) is 75.7 Å². The van der Waals surface area contributed by atoms with Crippen molar-refractivity contribution in [3.63, 3.8) is 0 Å². The van der Waals surface area contributed by atoms with Crippen molar-refractivity contribution in [2.45, 2.75) is 87.8 Å². The molecule has 1 aromatic carbocycles. The quantitative estimate of drug-likeness (QED) is 0.276. The molecule has 4 aromatic rings. The summed E-state index contributed by atoms with van der Waals surface area (Å²) in [6.07, 6.45) is 2.70. The molecule has 7 atom stereocenters. The molecule has 3 aliphatic carbocycles. The van der Waals surface area contributed by atoms with E-state index >= 15 is 0 Å². The summed E-state index contributed by atoms with van der Waals surface area (Å²) in [4.78, 5) is 57.4. The highest BCUT2D eigenvalue weighted by atomic mass is 35.5. The Morgan fingerprint density at radius 1 is 1.16 bits per heavy atom. The number of likely N-dealkylation sites (tertiary alicyclic amines) is 1. The molecule has 1 saturated carbocycles. The van der Waals surface area contributed by atoms with Gasteiger partial charge in [0, 0.05) is 41.6 Å². The number of fused-ring (bicyclic) bond motifs is 10. The summed E-state index contributed by atoms with van der Waals surface area (Å²) in [6, 6.07) is 2.44. The first-order valence-corrected chi connectivity index (χ1v) is 18.6. The van der Waals surface area contributed by atoms with E-state index in [9.17, 15) is 32.7 Å². The van der Waals surface area contributed by atoms with Gasteiger partial charge < -0.3 is 24.6 Å². The maximum absolute atomic E-state index is 14.9. The number of benzene rings is 1. The normalized spacial score (nSPS) is 28.4. The molecule has 6 heterocycles. The number of piperidine rings is 1. The molecule has 10 rings (SSSR count). The van der Waals surface area contributed by atoms with Crippen molar-refractivity contribution in [3.05, 3.63) is 80.0 Å². The van der Waals surface area contributed by atoms with Crippen LogP contribution in [-0.2, 0) is 27.7 Å². The standard InChI is InChI=1S/C38H32ClF3N8O5/c1-17-32(52)30(44-16-43-17)35(54)48-11-10-37(24-7-9-27(24)48)23-6-5-22(23)31-29(37)34(53)50-36(46-33(47-50)18-12-20-3-4-21(13-18)55-20)49(31)15-28(51)45-26-8-2-19(14-25(26)39)38(40,41)42/h2,8,12,14,16,20-24,27,52H,3-4,7,9-11,13,15H2,1H3,(H,45,51)/t20-,21+,22-,23+,24+,27-,37+/m0/s1. The van der Waals surface area contributed by atoms with Crippen molar-refractivity contribution in [1.29, 1.82) is 0 Å². The third kappa shape index (κ3) is 4.94. The van der Waals surface area contributed by atoms with Gasteiger partial charge >= 0.3 is 6.18 Å². The monoisotopic (exact) mass is 772 g/mol. The molecule has 0 radical (unpaired) electrons. The topological polar surface area (TPSA) is 157 Å². The lowest BCUT2D eigenvalue weighted by molar-refractivity contribution is -0.137. The molecule has 0 unspecified atom stereocenters. The summed E-state index contributed by atoms with van der Waals surface area (Å²) in [6.45, 7) is 1.51. The van der Waals surface area contributed by atoms with Gasteiger partial charge in [-0.05, 0) is 74.8 Å². The van der Waals surface area contributed by atoms with Crippen LogP contribution in [0.15, 0.2) is 35.4 Å². The molecule has 2 N–H and O–H groups in total. The van der Waals surface area contributed by atoms with E-state index in [4.69, 9.17) is 26.4 Å². The van der Waals surface area contributed by atoms with E-state index in [2.05, 4.69) is 27.1 Å². The van der Waals surface area contributed by atoms with Crippen molar-refractivity contribution in [2.24, 2.45) is 11.8 Å². The second kappa shape index (κ2) is 11.9. The molecule has 3 aliphatic heterocycles. The Labute approximate surface area is 315 Å². The fourth-order valence-corrected chi connectivity index (χ4v) is 10.1. The predicted octanol–water partition coefficient (Wildman–Crippen LogP) is 4.63. The number of hydrogen-bond donors (Lipinski definition) is 2. The number of rotatable bonds is 5. The fourth-order valence-electron chi connectivity index (χ4n) is 9.84. The number of aryl methyl sites for hydroxylation is 1. The number of carbonyl (C=O) groups is 2. The molecule has 282 valence electrons. The molecule has 1 spiro atoms. The van der Waals surface area contributed by atoms with Gasteiger partial charge in [-0.15, -0.1) is 5.10 Å². The van der Waals surface area contributed by atoms with Crippen molar-refractivity contribution in [3.8, 4) is 17.6 Å². The molecular weight excluding hydrogens is 741 g/mol. The first-order chi connectivity index (χ1) is 26.3. The Hall–Kier alpha value is -5.27. The van der Waals surface area contributed by atoms with Gasteiger partial charge in [0.15, 0.2) is 17.3 Å². The summed E-state index contributed by atoms with van der Waals surface area (Å²) < 4.78 is 48.9. The van der Waals surface area contributed by atoms with E-state index in [1.807, 2.05) is 6.08 Å². The number of amides is 2. The molecular formula is C38H32ClF3N8O5. The maximum atomic E-state index is 14.9. The predicted molar refractivity (Wildman–Crippen MR) is 189 cm³/mol. The molecule has 55 heavy (non-hydrogen) atoms. The van der Waals surface area contributed by atoms with Crippen LogP contribution in [0.5, 0.6) is 5.75 Å². The summed E-state index contributed by atoms with van der Waals surface area (Å²) in [7, 11) is 0. The number of aromatic nitrogens is 6. The molecule has 3 aromatic heterocycles. The van der Waals surface area contributed by atoms with E-state index in [0.717, 1.165) is 43.0 Å². The van der Waals surface area contributed by atoms with Gasteiger partial charge in [-0.1, -0.05) is 23.4 Å². The summed E-state index contributed by atoms with van der Waals surface area (Å²) in [5, 5.41) is 17.8. The van der Waals surface area contributed by atoms with Gasteiger partial charge in [-0.2, -0.15) is 22.7 Å². The van der Waals surface area contributed by atoms with E-state index < -0.39 is 34.9 Å². The molecule has 2 amide bonds. The van der Waals surface area contributed by atoms with Crippen LogP contribution in [0.3, 0.4) is 0 Å². The molecule has 3 fully saturated rings. The van der Waals surface area contributed by atoms with Crippen molar-refractivity contribution in [1.82, 2.24) is 34.0 Å². The number of ether oxygens (including phenoxy) is 1. The number of carbonyl (C=O) groups excluding carboxylic acids is 2. The number of hydrogen-bond acceptors (Lipinski definition) is 9. The molecule has 17 heteroatoms. The highest BCUT2D eigenvalue weighted by Crippen LogP contribution is 2.64. The third-order valence-electron chi connectivity index (χ3n) is 12.5. The minimum absolute atomic E-state index is 0.00424. The summed E-state index contributed by atoms with van der Waals surface area (Å²) >= 11 is 6.21. The summed E-state index contributed by atoms with van der Waals surface area (Å²) in [5.41, 5.74) is 0.0176. The van der Waals surface area contributed by atoms with Gasteiger partial charge in [0.25, 0.3) is 11.5 Å². The highest BCUT2D eigenvalue weighted by Gasteiger charge is 2.66. The minimum atomic E-state index is -4.62. The molecule has 13 nitrogen and oxygen atoms in total. The van der Waals surface area contributed by atoms with Crippen LogP contribution >= 0.6 is 11.6 Å². The van der Waals surface area contributed by atoms with Gasteiger partial charge in [0.1, 0.15) is 12.9 Å². The van der Waals surface area contributed by atoms with Crippen LogP contribution in [0.1, 0.15) is 83.3 Å². The highest BCUT2D eigenvalue weighted by molar-refractivity contribution is 6.33. The number of anilines is 1. The minimum Gasteiger partial charge on any atom is -0.504 e. The van der Waals surface area contributed by atoms with E-state index in [1.54, 1.807) is 16.4 Å². The van der Waals surface area contributed by atoms with Gasteiger partial charge in [0.2, 0.25) is 11.7 Å². The SMILES string of the molecule is Cc1ncnc(C(=O)N2CC[C@]3(c4c(n(CC(=O)Nc5ccc(C(F)(F)F)cc5Cl)c5nc(C6=C[C@@H]7CC[C@H](C6)O7)nn5c4=O)[C@H]4C#C[C@H]43)[C@@H]3CC[C@@H]32)c1O. The van der Waals surface area contributed by atoms with Crippen LogP contribution in [0, 0.1) is 30.6 Å². The second-order valence-corrected chi connectivity index (χ2v) is 15.7. The van der Waals surface area contributed by atoms with Crippen molar-refractivity contribution in [2.75, 3.05) is 11.9 Å². The molecule has 2 saturated heterocycles. The van der Waals surface area contributed by atoms with Crippen LogP contribution in [0.2, 0.25) is 5.02 Å². The summed E-state index contributed by atoms with van der Waals surface area (Å²) in [5.74, 6) is 4.98. The van der Waals surface area contributed by atoms with E-state index in [0.29, 0.717) is 42.0 Å². The van der Waals surface area contributed by atoms with Gasteiger partial charge in [0.05, 0.1) is 40.1 Å². The third-order valence-corrected chi connectivity index (χ3v) is 12.8. The maximum Gasteiger partial charge on any atom is 0.416 e. The Kier molecular flexibility index (Phi) is 7.39. The molecule has 6 aliphatic rings. The van der Waals surface area contributed by atoms with Gasteiger partial charge in [-0.3, -0.25) is 14.4 Å². The van der Waals surface area contributed by atoms with Crippen LogP contribution in [0.4, 0.5) is 18.9 Å². The largest absolute Gasteiger partial charge is 0.504 e. The first kappa shape index (κ1) is 34.2. The fraction of sp³-hybridized carbons (Fsp3) is 0.447. The van der Waals surface area contributed by atoms with Crippen LogP contribution in [0.25, 0.3) is 11.4 Å². The number of alkyl halides is 3. The zero-order valence-corrected chi connectivity index (χ0v) is 30.0. The first-order valence-electron chi connectivity index (χ1n) is 18.2. The lowest BCUT2D eigenvalue weighted by atomic mass is 9.51. The van der Waals surface area contributed by atoms with Crippen molar-refractivity contribution < 1.29 is 32.6 Å². The van der Waals surface area contributed by atoms with Crippen LogP contribution < -0.4 is 10.9 Å². The average molecular weight is 773 g/mol. The van der Waals surface area contributed by atoms with Gasteiger partial charge in [-0.25, -0.2) is 9.97 Å². The Morgan fingerprint density at radius 2 is 2.00 bits per heavy atom. The molecule has 2 bridgehead atoms. The number of halogens is 4. The Bertz CT molecular complexity index is 2540. The smallest absolute Gasteiger partial charge is 0.416 e. The Morgan fingerprint density at radius 3 is 2.71 bits per heavy atom. The second-order valence-electron chi connectivity index (χ2n) is 15.2. The zero-order valence-electron chi connectivity index (χ0n) is 29.2. The lowest BCUT2D eigenvalue weighted by Crippen LogP contribution is -2.65. The zero-order chi connectivity index (χ0) is 38.1. The lowest BCUT2D eigenvalue weighted by Gasteiger charge is -2.59. The van der Waals surface area contributed by atoms with E-state index in [-0.39, 0.29) is 76.7 Å².